The highest BCUT2D eigenvalue weighted by atomic mass is 79.9. The molecule has 104 valence electrons. The molecule has 1 N–H and O–H groups in total. The molecule has 1 atom stereocenters. The maximum absolute atomic E-state index is 12.5. The molecule has 19 heavy (non-hydrogen) atoms. The van der Waals surface area contributed by atoms with E-state index in [0.29, 0.717) is 13.1 Å². The van der Waals surface area contributed by atoms with Crippen molar-refractivity contribution in [3.05, 3.63) is 28.2 Å². The Balaban J connectivity index is 2.41. The lowest BCUT2D eigenvalue weighted by Crippen LogP contribution is -2.55. The summed E-state index contributed by atoms with van der Waals surface area (Å²) in [7, 11) is -3.63. The van der Waals surface area contributed by atoms with Gasteiger partial charge in [-0.3, -0.25) is 4.79 Å². The van der Waals surface area contributed by atoms with Crippen LogP contribution >= 0.6 is 15.9 Å². The smallest absolute Gasteiger partial charge is 0.243 e. The van der Waals surface area contributed by atoms with E-state index in [1.807, 2.05) is 6.92 Å². The topological polar surface area (TPSA) is 66.5 Å². The fourth-order valence-corrected chi connectivity index (χ4v) is 3.93. The van der Waals surface area contributed by atoms with Gasteiger partial charge in [-0.1, -0.05) is 15.9 Å². The van der Waals surface area contributed by atoms with Gasteiger partial charge in [-0.25, -0.2) is 8.42 Å². The summed E-state index contributed by atoms with van der Waals surface area (Å²) < 4.78 is 27.2. The zero-order valence-electron chi connectivity index (χ0n) is 10.7. The number of hydrogen-bond donors (Lipinski definition) is 1. The van der Waals surface area contributed by atoms with Gasteiger partial charge in [-0.2, -0.15) is 4.31 Å². The second-order valence-corrected chi connectivity index (χ2v) is 7.24. The molecule has 0 aliphatic carbocycles. The highest BCUT2D eigenvalue weighted by Crippen LogP contribution is 2.24. The number of halogens is 1. The van der Waals surface area contributed by atoms with Crippen molar-refractivity contribution >= 4 is 31.9 Å². The predicted octanol–water partition coefficient (Wildman–Crippen LogP) is 1.27. The van der Waals surface area contributed by atoms with Crippen LogP contribution in [-0.2, 0) is 14.8 Å². The minimum absolute atomic E-state index is 0.217. The van der Waals surface area contributed by atoms with E-state index in [2.05, 4.69) is 21.2 Å². The zero-order chi connectivity index (χ0) is 14.2. The van der Waals surface area contributed by atoms with Crippen LogP contribution in [0, 0.1) is 6.92 Å². The largest absolute Gasteiger partial charge is 0.353 e. The normalized spacial score (nSPS) is 21.2. The number of benzene rings is 1. The number of rotatable bonds is 2. The van der Waals surface area contributed by atoms with Crippen LogP contribution in [0.3, 0.4) is 0 Å². The molecule has 1 fully saturated rings. The number of nitrogens with zero attached hydrogens (tertiary/aromatic N) is 1. The molecule has 1 aliphatic rings. The fraction of sp³-hybridized carbons (Fsp3) is 0.417. The van der Waals surface area contributed by atoms with Crippen LogP contribution < -0.4 is 5.32 Å². The average molecular weight is 347 g/mol. The highest BCUT2D eigenvalue weighted by molar-refractivity contribution is 9.10. The molecule has 0 saturated carbocycles. The average Bonchev–Trinajstić information content (AvgIpc) is 2.35. The van der Waals surface area contributed by atoms with Gasteiger partial charge < -0.3 is 5.32 Å². The van der Waals surface area contributed by atoms with Crippen molar-refractivity contribution in [1.82, 2.24) is 9.62 Å². The summed E-state index contributed by atoms with van der Waals surface area (Å²) in [4.78, 5) is 11.8. The highest BCUT2D eigenvalue weighted by Gasteiger charge is 2.35. The van der Waals surface area contributed by atoms with Crippen molar-refractivity contribution < 1.29 is 13.2 Å². The second-order valence-electron chi connectivity index (χ2n) is 4.49. The summed E-state index contributed by atoms with van der Waals surface area (Å²) in [6.45, 7) is 4.06. The number of aryl methyl sites for hydroxylation is 1. The van der Waals surface area contributed by atoms with Crippen molar-refractivity contribution in [1.29, 1.82) is 0 Å². The molecule has 0 aromatic heterocycles. The predicted molar refractivity (Wildman–Crippen MR) is 75.2 cm³/mol. The molecule has 1 unspecified atom stereocenters. The molecule has 0 spiro atoms. The van der Waals surface area contributed by atoms with E-state index in [1.165, 1.54) is 4.31 Å². The van der Waals surface area contributed by atoms with Crippen LogP contribution in [-0.4, -0.2) is 37.8 Å². The number of piperazine rings is 1. The van der Waals surface area contributed by atoms with Crippen LogP contribution in [0.4, 0.5) is 0 Å². The summed E-state index contributed by atoms with van der Waals surface area (Å²) in [5.74, 6) is -0.261. The van der Waals surface area contributed by atoms with Gasteiger partial charge in [0.05, 0.1) is 4.90 Å². The summed E-state index contributed by atoms with van der Waals surface area (Å²) in [5, 5.41) is 2.65. The third kappa shape index (κ3) is 2.68. The molecule has 1 amide bonds. The Labute approximate surface area is 121 Å². The Morgan fingerprint density at radius 1 is 1.42 bits per heavy atom. The molecule has 1 aromatic carbocycles. The van der Waals surface area contributed by atoms with Crippen molar-refractivity contribution in [2.75, 3.05) is 13.1 Å². The Kier molecular flexibility index (Phi) is 3.98. The molecule has 7 heteroatoms. The summed E-state index contributed by atoms with van der Waals surface area (Å²) in [6, 6.07) is 4.18. The second kappa shape index (κ2) is 5.22. The maximum atomic E-state index is 12.5. The molecule has 1 aromatic rings. The van der Waals surface area contributed by atoms with Gasteiger partial charge in [0.2, 0.25) is 15.9 Å². The lowest BCUT2D eigenvalue weighted by molar-refractivity contribution is -0.126. The first-order valence-corrected chi connectivity index (χ1v) is 8.13. The summed E-state index contributed by atoms with van der Waals surface area (Å²) >= 11 is 3.34. The Morgan fingerprint density at radius 3 is 2.74 bits per heavy atom. The Bertz CT molecular complexity index is 615. The van der Waals surface area contributed by atoms with Crippen LogP contribution in [0.1, 0.15) is 12.5 Å². The first-order chi connectivity index (χ1) is 8.84. The van der Waals surface area contributed by atoms with Crippen LogP contribution in [0.15, 0.2) is 27.6 Å². The van der Waals surface area contributed by atoms with Gasteiger partial charge in [0.25, 0.3) is 0 Å². The minimum Gasteiger partial charge on any atom is -0.353 e. The number of carbonyl (C=O) groups is 1. The number of sulfonamides is 1. The SMILES string of the molecule is Cc1cc(S(=O)(=O)N2CCNC(=O)C2C)ccc1Br. The molecule has 0 bridgehead atoms. The van der Waals surface area contributed by atoms with Crippen LogP contribution in [0.25, 0.3) is 0 Å². The van der Waals surface area contributed by atoms with E-state index in [-0.39, 0.29) is 10.8 Å². The standard InChI is InChI=1S/C12H15BrN2O3S/c1-8-7-10(3-4-11(8)13)19(17,18)15-6-5-14-12(16)9(15)2/h3-4,7,9H,5-6H2,1-2H3,(H,14,16). The number of carbonyl (C=O) groups excluding carboxylic acids is 1. The van der Waals surface area contributed by atoms with Crippen LogP contribution in [0.2, 0.25) is 0 Å². The monoisotopic (exact) mass is 346 g/mol. The first-order valence-electron chi connectivity index (χ1n) is 5.90. The maximum Gasteiger partial charge on any atom is 0.243 e. The summed E-state index contributed by atoms with van der Waals surface area (Å²) in [6.07, 6.45) is 0. The third-order valence-corrected chi connectivity index (χ3v) is 6.03. The molecule has 1 heterocycles. The molecule has 0 radical (unpaired) electrons. The van der Waals surface area contributed by atoms with E-state index in [1.54, 1.807) is 25.1 Å². The molecular weight excluding hydrogens is 332 g/mol. The Hall–Kier alpha value is -0.920. The van der Waals surface area contributed by atoms with Crippen molar-refractivity contribution in [2.24, 2.45) is 0 Å². The van der Waals surface area contributed by atoms with E-state index in [0.717, 1.165) is 10.0 Å². The number of amides is 1. The summed E-state index contributed by atoms with van der Waals surface area (Å²) in [5.41, 5.74) is 0.843. The first kappa shape index (κ1) is 14.5. The molecule has 1 aliphatic heterocycles. The van der Waals surface area contributed by atoms with E-state index < -0.39 is 16.1 Å². The van der Waals surface area contributed by atoms with Gasteiger partial charge in [-0.15, -0.1) is 0 Å². The van der Waals surface area contributed by atoms with Crippen molar-refractivity contribution in [2.45, 2.75) is 24.8 Å². The number of hydrogen-bond acceptors (Lipinski definition) is 3. The van der Waals surface area contributed by atoms with Crippen molar-refractivity contribution in [3.8, 4) is 0 Å². The van der Waals surface area contributed by atoms with Crippen molar-refractivity contribution in [3.63, 3.8) is 0 Å². The quantitative estimate of drug-likeness (QED) is 0.876. The lowest BCUT2D eigenvalue weighted by atomic mass is 10.2. The van der Waals surface area contributed by atoms with Crippen LogP contribution in [0.5, 0.6) is 0 Å². The number of nitrogens with one attached hydrogen (secondary N) is 1. The third-order valence-electron chi connectivity index (χ3n) is 3.18. The van der Waals surface area contributed by atoms with Gasteiger partial charge in [0, 0.05) is 17.6 Å². The van der Waals surface area contributed by atoms with Gasteiger partial charge in [0.1, 0.15) is 6.04 Å². The zero-order valence-corrected chi connectivity index (χ0v) is 13.1. The van der Waals surface area contributed by atoms with Gasteiger partial charge in [-0.05, 0) is 37.6 Å². The van der Waals surface area contributed by atoms with E-state index in [4.69, 9.17) is 0 Å². The molecule has 1 saturated heterocycles. The molecule has 5 nitrogen and oxygen atoms in total. The minimum atomic E-state index is -3.63. The lowest BCUT2D eigenvalue weighted by Gasteiger charge is -2.31. The van der Waals surface area contributed by atoms with Gasteiger partial charge >= 0.3 is 0 Å². The Morgan fingerprint density at radius 2 is 2.11 bits per heavy atom. The fourth-order valence-electron chi connectivity index (χ4n) is 2.00. The molecule has 2 rings (SSSR count). The van der Waals surface area contributed by atoms with Gasteiger partial charge in [0.15, 0.2) is 0 Å². The van der Waals surface area contributed by atoms with E-state index in [9.17, 15) is 13.2 Å². The van der Waals surface area contributed by atoms with E-state index >= 15 is 0 Å². The molecular formula is C12H15BrN2O3S.